The largest absolute Gasteiger partial charge is 0.504 e. The Kier molecular flexibility index (Phi) is 4.36. The second-order valence-electron chi connectivity index (χ2n) is 3.55. The molecule has 0 radical (unpaired) electrons. The van der Waals surface area contributed by atoms with Crippen LogP contribution < -0.4 is 5.32 Å². The molecule has 0 bridgehead atoms. The van der Waals surface area contributed by atoms with Gasteiger partial charge in [-0.2, -0.15) is 0 Å². The van der Waals surface area contributed by atoms with Crippen LogP contribution in [0.5, 0.6) is 11.5 Å². The normalized spacial score (nSPS) is 11.6. The molecule has 0 aliphatic heterocycles. The zero-order chi connectivity index (χ0) is 13.7. The number of carbonyl (C=O) groups is 2. The zero-order valence-corrected chi connectivity index (χ0v) is 9.58. The maximum atomic E-state index is 11.0. The molecule has 98 valence electrons. The molecule has 1 unspecified atom stereocenters. The third-order valence-electron chi connectivity index (χ3n) is 2.26. The van der Waals surface area contributed by atoms with Crippen molar-refractivity contribution in [2.24, 2.45) is 0 Å². The molecule has 1 atom stereocenters. The standard InChI is InChI=1S/C11H13NO6/c1-18-11(17)12-7(10(15)16)4-6-2-3-8(13)9(14)5-6/h2-3,5,7,13-14H,4H2,1H3,(H,12,17)(H,15,16). The van der Waals surface area contributed by atoms with E-state index in [2.05, 4.69) is 10.1 Å². The number of carbonyl (C=O) groups excluding carboxylic acids is 1. The van der Waals surface area contributed by atoms with E-state index in [9.17, 15) is 14.7 Å². The molecule has 0 saturated heterocycles. The van der Waals surface area contributed by atoms with Crippen molar-refractivity contribution in [3.63, 3.8) is 0 Å². The first-order valence-electron chi connectivity index (χ1n) is 5.02. The summed E-state index contributed by atoms with van der Waals surface area (Å²) in [5.74, 6) is -1.88. The number of ether oxygens (including phenoxy) is 1. The average molecular weight is 255 g/mol. The number of hydrogen-bond donors (Lipinski definition) is 4. The highest BCUT2D eigenvalue weighted by atomic mass is 16.5. The molecule has 0 heterocycles. The summed E-state index contributed by atoms with van der Waals surface area (Å²) in [5.41, 5.74) is 0.453. The van der Waals surface area contributed by atoms with Crippen LogP contribution in [-0.4, -0.2) is 40.5 Å². The molecule has 7 heteroatoms. The number of phenolic OH excluding ortho intramolecular Hbond substituents is 2. The quantitative estimate of drug-likeness (QED) is 0.580. The fourth-order valence-electron chi connectivity index (χ4n) is 1.33. The number of hydrogen-bond acceptors (Lipinski definition) is 5. The van der Waals surface area contributed by atoms with Gasteiger partial charge < -0.3 is 25.4 Å². The van der Waals surface area contributed by atoms with E-state index < -0.39 is 18.1 Å². The third kappa shape index (κ3) is 3.55. The molecule has 0 aliphatic rings. The fourth-order valence-corrected chi connectivity index (χ4v) is 1.33. The Hall–Kier alpha value is -2.44. The van der Waals surface area contributed by atoms with Crippen molar-refractivity contribution in [1.29, 1.82) is 0 Å². The highest BCUT2D eigenvalue weighted by Gasteiger charge is 2.21. The maximum absolute atomic E-state index is 11.0. The van der Waals surface area contributed by atoms with E-state index >= 15 is 0 Å². The first-order chi connectivity index (χ1) is 8.43. The van der Waals surface area contributed by atoms with Crippen molar-refractivity contribution in [1.82, 2.24) is 5.32 Å². The van der Waals surface area contributed by atoms with E-state index in [-0.39, 0.29) is 17.9 Å². The number of amides is 1. The lowest BCUT2D eigenvalue weighted by molar-refractivity contribution is -0.139. The number of rotatable bonds is 4. The molecule has 18 heavy (non-hydrogen) atoms. The highest BCUT2D eigenvalue weighted by molar-refractivity contribution is 5.80. The summed E-state index contributed by atoms with van der Waals surface area (Å²) < 4.78 is 4.31. The number of carboxylic acid groups (broad SMARTS) is 1. The third-order valence-corrected chi connectivity index (χ3v) is 2.26. The second kappa shape index (κ2) is 5.76. The van der Waals surface area contributed by atoms with E-state index in [1.54, 1.807) is 0 Å². The lowest BCUT2D eigenvalue weighted by Gasteiger charge is -2.13. The Morgan fingerprint density at radius 3 is 2.50 bits per heavy atom. The molecular weight excluding hydrogens is 242 g/mol. The molecule has 0 aromatic heterocycles. The first-order valence-corrected chi connectivity index (χ1v) is 5.02. The molecule has 0 spiro atoms. The van der Waals surface area contributed by atoms with Crippen LogP contribution in [0.25, 0.3) is 0 Å². The number of aromatic hydroxyl groups is 2. The number of benzene rings is 1. The Balaban J connectivity index is 2.80. The van der Waals surface area contributed by atoms with Gasteiger partial charge in [-0.1, -0.05) is 6.07 Å². The van der Waals surface area contributed by atoms with Gasteiger partial charge >= 0.3 is 12.1 Å². The van der Waals surface area contributed by atoms with Crippen molar-refractivity contribution in [2.45, 2.75) is 12.5 Å². The van der Waals surface area contributed by atoms with E-state index in [4.69, 9.17) is 10.2 Å². The summed E-state index contributed by atoms with van der Waals surface area (Å²) in [7, 11) is 1.13. The molecule has 1 rings (SSSR count). The van der Waals surface area contributed by atoms with Crippen LogP contribution in [0.1, 0.15) is 5.56 Å². The lowest BCUT2D eigenvalue weighted by atomic mass is 10.1. The van der Waals surface area contributed by atoms with Crippen LogP contribution >= 0.6 is 0 Å². The predicted molar refractivity (Wildman–Crippen MR) is 60.4 cm³/mol. The molecule has 1 amide bonds. The van der Waals surface area contributed by atoms with Gasteiger partial charge in [-0.25, -0.2) is 9.59 Å². The second-order valence-corrected chi connectivity index (χ2v) is 3.55. The summed E-state index contributed by atoms with van der Waals surface area (Å²) >= 11 is 0. The summed E-state index contributed by atoms with van der Waals surface area (Å²) in [6, 6.07) is 2.73. The SMILES string of the molecule is COC(=O)NC(Cc1ccc(O)c(O)c1)C(=O)O. The minimum atomic E-state index is -1.23. The van der Waals surface area contributed by atoms with Gasteiger partial charge in [-0.3, -0.25) is 0 Å². The van der Waals surface area contributed by atoms with Gasteiger partial charge in [0.1, 0.15) is 6.04 Å². The summed E-state index contributed by atoms with van der Waals surface area (Å²) in [5, 5.41) is 29.4. The van der Waals surface area contributed by atoms with Crippen LogP contribution in [0.3, 0.4) is 0 Å². The maximum Gasteiger partial charge on any atom is 0.407 e. The number of methoxy groups -OCH3 is 1. The molecule has 1 aromatic carbocycles. The van der Waals surface area contributed by atoms with Crippen LogP contribution in [0, 0.1) is 0 Å². The Labute approximate surface area is 103 Å². The van der Waals surface area contributed by atoms with Crippen LogP contribution in [-0.2, 0) is 16.0 Å². The number of phenols is 2. The number of nitrogens with one attached hydrogen (secondary N) is 1. The van der Waals surface area contributed by atoms with Crippen molar-refractivity contribution in [3.8, 4) is 11.5 Å². The minimum Gasteiger partial charge on any atom is -0.504 e. The molecular formula is C11H13NO6. The van der Waals surface area contributed by atoms with Crippen molar-refractivity contribution in [3.05, 3.63) is 23.8 Å². The molecule has 7 nitrogen and oxygen atoms in total. The van der Waals surface area contributed by atoms with Gasteiger partial charge in [0.25, 0.3) is 0 Å². The highest BCUT2D eigenvalue weighted by Crippen LogP contribution is 2.25. The van der Waals surface area contributed by atoms with Crippen LogP contribution in [0.15, 0.2) is 18.2 Å². The summed E-state index contributed by atoms with van der Waals surface area (Å²) in [6.07, 6.45) is -0.899. The topological polar surface area (TPSA) is 116 Å². The van der Waals surface area contributed by atoms with Crippen molar-refractivity contribution in [2.75, 3.05) is 7.11 Å². The van der Waals surface area contributed by atoms with E-state index in [0.29, 0.717) is 5.56 Å². The molecule has 0 saturated carbocycles. The predicted octanol–water partition coefficient (Wildman–Crippen LogP) is 0.449. The van der Waals surface area contributed by atoms with E-state index in [1.165, 1.54) is 18.2 Å². The average Bonchev–Trinajstić information content (AvgIpc) is 2.32. The molecule has 0 fully saturated rings. The Bertz CT molecular complexity index is 459. The zero-order valence-electron chi connectivity index (χ0n) is 9.58. The molecule has 0 aliphatic carbocycles. The fraction of sp³-hybridized carbons (Fsp3) is 0.273. The first kappa shape index (κ1) is 13.6. The lowest BCUT2D eigenvalue weighted by Crippen LogP contribution is -2.42. The van der Waals surface area contributed by atoms with Gasteiger partial charge in [-0.05, 0) is 17.7 Å². The number of alkyl carbamates (subject to hydrolysis) is 1. The monoisotopic (exact) mass is 255 g/mol. The van der Waals surface area contributed by atoms with Gasteiger partial charge in [0.2, 0.25) is 0 Å². The Morgan fingerprint density at radius 2 is 2.00 bits per heavy atom. The van der Waals surface area contributed by atoms with Crippen molar-refractivity contribution < 1.29 is 29.6 Å². The summed E-state index contributed by atoms with van der Waals surface area (Å²) in [6.45, 7) is 0. The van der Waals surface area contributed by atoms with Crippen molar-refractivity contribution >= 4 is 12.1 Å². The van der Waals surface area contributed by atoms with Crippen LogP contribution in [0.4, 0.5) is 4.79 Å². The van der Waals surface area contributed by atoms with Gasteiger partial charge in [0.15, 0.2) is 11.5 Å². The van der Waals surface area contributed by atoms with Gasteiger partial charge in [0, 0.05) is 6.42 Å². The smallest absolute Gasteiger partial charge is 0.407 e. The molecule has 1 aromatic rings. The van der Waals surface area contributed by atoms with Gasteiger partial charge in [0.05, 0.1) is 7.11 Å². The minimum absolute atomic E-state index is 0.0434. The summed E-state index contributed by atoms with van der Waals surface area (Å²) in [4.78, 5) is 21.9. The van der Waals surface area contributed by atoms with Gasteiger partial charge in [-0.15, -0.1) is 0 Å². The number of carboxylic acids is 1. The van der Waals surface area contributed by atoms with E-state index in [1.807, 2.05) is 0 Å². The van der Waals surface area contributed by atoms with Crippen LogP contribution in [0.2, 0.25) is 0 Å². The Morgan fingerprint density at radius 1 is 1.33 bits per heavy atom. The molecule has 4 N–H and O–H groups in total. The number of aliphatic carboxylic acids is 1. The van der Waals surface area contributed by atoms with E-state index in [0.717, 1.165) is 7.11 Å².